The van der Waals surface area contributed by atoms with Gasteiger partial charge in [-0.1, -0.05) is 30.4 Å². The molecule has 0 aliphatic carbocycles. The molecule has 1 heterocycles. The zero-order valence-corrected chi connectivity index (χ0v) is 13.4. The van der Waals surface area contributed by atoms with Gasteiger partial charge in [0.1, 0.15) is 5.75 Å². The molecule has 1 aromatic carbocycles. The average molecular weight is 373 g/mol. The standard InChI is InChI=1S/C14H19N3O.HI/c1-10(2)7-16-14(15)17-8-11-9-18-13-6-4-3-5-12(11)13;/h3-6,11H,1,7-9H2,2H3,(H3,15,16,17);1H. The molecule has 104 valence electrons. The Hall–Kier alpha value is -1.24. The van der Waals surface area contributed by atoms with Crippen LogP contribution in [0.15, 0.2) is 41.4 Å². The van der Waals surface area contributed by atoms with E-state index in [1.165, 1.54) is 5.56 Å². The van der Waals surface area contributed by atoms with E-state index in [2.05, 4.69) is 23.0 Å². The first kappa shape index (κ1) is 15.8. The lowest BCUT2D eigenvalue weighted by Gasteiger charge is -2.11. The van der Waals surface area contributed by atoms with Crippen molar-refractivity contribution in [2.45, 2.75) is 12.8 Å². The van der Waals surface area contributed by atoms with E-state index in [-0.39, 0.29) is 24.0 Å². The minimum absolute atomic E-state index is 0. The summed E-state index contributed by atoms with van der Waals surface area (Å²) in [5, 5.41) is 3.13. The molecule has 1 aromatic rings. The number of halogens is 1. The zero-order valence-electron chi connectivity index (χ0n) is 11.1. The van der Waals surface area contributed by atoms with Gasteiger partial charge in [-0.05, 0) is 13.0 Å². The van der Waals surface area contributed by atoms with Crippen molar-refractivity contribution in [3.05, 3.63) is 42.0 Å². The van der Waals surface area contributed by atoms with Gasteiger partial charge in [0.15, 0.2) is 5.96 Å². The van der Waals surface area contributed by atoms with E-state index >= 15 is 0 Å². The number of aliphatic imine (C=N–C) groups is 1. The molecular weight excluding hydrogens is 353 g/mol. The minimum atomic E-state index is 0. The predicted molar refractivity (Wildman–Crippen MR) is 89.4 cm³/mol. The third-order valence-electron chi connectivity index (χ3n) is 2.85. The number of hydrogen-bond acceptors (Lipinski definition) is 2. The number of nitrogens with zero attached hydrogens (tertiary/aromatic N) is 1. The predicted octanol–water partition coefficient (Wildman–Crippen LogP) is 2.26. The van der Waals surface area contributed by atoms with Gasteiger partial charge in [0, 0.05) is 18.0 Å². The molecule has 4 nitrogen and oxygen atoms in total. The van der Waals surface area contributed by atoms with E-state index in [1.54, 1.807) is 0 Å². The summed E-state index contributed by atoms with van der Waals surface area (Å²) in [7, 11) is 0. The van der Waals surface area contributed by atoms with Crippen LogP contribution >= 0.6 is 24.0 Å². The summed E-state index contributed by atoms with van der Waals surface area (Å²) in [5.74, 6) is 1.77. The van der Waals surface area contributed by atoms with E-state index in [0.717, 1.165) is 17.9 Å². The Bertz CT molecular complexity index is 474. The van der Waals surface area contributed by atoms with Crippen molar-refractivity contribution in [1.29, 1.82) is 0 Å². The fraction of sp³-hybridized carbons (Fsp3) is 0.357. The quantitative estimate of drug-likeness (QED) is 0.369. The number of guanidine groups is 1. The Morgan fingerprint density at radius 1 is 1.53 bits per heavy atom. The van der Waals surface area contributed by atoms with Gasteiger partial charge in [0.25, 0.3) is 0 Å². The molecule has 0 spiro atoms. The second-order valence-electron chi connectivity index (χ2n) is 4.59. The van der Waals surface area contributed by atoms with Gasteiger partial charge in [0.2, 0.25) is 0 Å². The fourth-order valence-corrected chi connectivity index (χ4v) is 1.90. The van der Waals surface area contributed by atoms with E-state index in [4.69, 9.17) is 10.5 Å². The monoisotopic (exact) mass is 373 g/mol. The molecule has 0 saturated carbocycles. The molecule has 1 aliphatic rings. The van der Waals surface area contributed by atoms with Crippen molar-refractivity contribution in [3.8, 4) is 5.75 Å². The van der Waals surface area contributed by atoms with Gasteiger partial charge in [-0.25, -0.2) is 4.99 Å². The molecule has 0 bridgehead atoms. The van der Waals surface area contributed by atoms with E-state index in [0.29, 0.717) is 25.0 Å². The maximum Gasteiger partial charge on any atom is 0.188 e. The normalized spacial score (nSPS) is 17.1. The second-order valence-corrected chi connectivity index (χ2v) is 4.59. The van der Waals surface area contributed by atoms with Crippen LogP contribution in [0, 0.1) is 0 Å². The highest BCUT2D eigenvalue weighted by Crippen LogP contribution is 2.32. The molecule has 0 aromatic heterocycles. The number of nitrogens with two attached hydrogens (primary N) is 1. The Kier molecular flexibility index (Phi) is 6.14. The number of hydrogen-bond donors (Lipinski definition) is 2. The number of nitrogens with one attached hydrogen (secondary N) is 1. The summed E-state index contributed by atoms with van der Waals surface area (Å²) in [6, 6.07) is 8.10. The van der Waals surface area contributed by atoms with Gasteiger partial charge in [-0.2, -0.15) is 0 Å². The molecule has 3 N–H and O–H groups in total. The Balaban J connectivity index is 0.00000180. The fourth-order valence-electron chi connectivity index (χ4n) is 1.90. The van der Waals surface area contributed by atoms with Crippen molar-refractivity contribution >= 4 is 29.9 Å². The van der Waals surface area contributed by atoms with Crippen molar-refractivity contribution in [1.82, 2.24) is 5.32 Å². The van der Waals surface area contributed by atoms with E-state index < -0.39 is 0 Å². The highest BCUT2D eigenvalue weighted by molar-refractivity contribution is 14.0. The highest BCUT2D eigenvalue weighted by atomic mass is 127. The molecule has 0 saturated heterocycles. The number of rotatable bonds is 4. The van der Waals surface area contributed by atoms with Crippen LogP contribution < -0.4 is 15.8 Å². The van der Waals surface area contributed by atoms with Crippen molar-refractivity contribution in [2.75, 3.05) is 19.7 Å². The maximum absolute atomic E-state index is 5.78. The first-order valence-corrected chi connectivity index (χ1v) is 6.06. The Labute approximate surface area is 131 Å². The zero-order chi connectivity index (χ0) is 13.0. The molecule has 1 unspecified atom stereocenters. The first-order valence-electron chi connectivity index (χ1n) is 6.06. The van der Waals surface area contributed by atoms with Gasteiger partial charge in [-0.3, -0.25) is 0 Å². The van der Waals surface area contributed by atoms with E-state index in [9.17, 15) is 0 Å². The number of ether oxygens (including phenoxy) is 1. The number of para-hydroxylation sites is 1. The SMILES string of the molecule is C=C(C)CN=C(N)NCC1COc2ccccc21.I. The van der Waals surface area contributed by atoms with Crippen molar-refractivity contribution < 1.29 is 4.74 Å². The van der Waals surface area contributed by atoms with Gasteiger partial charge >= 0.3 is 0 Å². The molecule has 2 rings (SSSR count). The third-order valence-corrected chi connectivity index (χ3v) is 2.85. The van der Waals surface area contributed by atoms with Crippen LogP contribution in [0.2, 0.25) is 0 Å². The molecule has 0 radical (unpaired) electrons. The topological polar surface area (TPSA) is 59.6 Å². The van der Waals surface area contributed by atoms with E-state index in [1.807, 2.05) is 25.1 Å². The lowest BCUT2D eigenvalue weighted by atomic mass is 10.0. The molecular formula is C14H20IN3O. The number of benzene rings is 1. The summed E-state index contributed by atoms with van der Waals surface area (Å²) in [5.41, 5.74) is 8.01. The Morgan fingerprint density at radius 3 is 3.00 bits per heavy atom. The van der Waals surface area contributed by atoms with Crippen molar-refractivity contribution in [2.24, 2.45) is 10.7 Å². The summed E-state index contributed by atoms with van der Waals surface area (Å²) in [6.45, 7) is 7.71. The maximum atomic E-state index is 5.78. The number of fused-ring (bicyclic) bond motifs is 1. The Morgan fingerprint density at radius 2 is 2.26 bits per heavy atom. The summed E-state index contributed by atoms with van der Waals surface area (Å²) >= 11 is 0. The van der Waals surface area contributed by atoms with Crippen LogP contribution in [-0.2, 0) is 0 Å². The van der Waals surface area contributed by atoms with Gasteiger partial charge in [-0.15, -0.1) is 24.0 Å². The van der Waals surface area contributed by atoms with Crippen LogP contribution in [0.5, 0.6) is 5.75 Å². The first-order chi connectivity index (χ1) is 8.66. The second kappa shape index (κ2) is 7.37. The minimum Gasteiger partial charge on any atom is -0.493 e. The average Bonchev–Trinajstić information content (AvgIpc) is 2.77. The van der Waals surface area contributed by atoms with Crippen LogP contribution in [0.1, 0.15) is 18.4 Å². The van der Waals surface area contributed by atoms with Crippen LogP contribution in [0.25, 0.3) is 0 Å². The van der Waals surface area contributed by atoms with Gasteiger partial charge < -0.3 is 15.8 Å². The van der Waals surface area contributed by atoms with Crippen LogP contribution in [-0.4, -0.2) is 25.7 Å². The molecule has 0 amide bonds. The summed E-state index contributed by atoms with van der Waals surface area (Å²) in [6.07, 6.45) is 0. The van der Waals surface area contributed by atoms with Crippen LogP contribution in [0.3, 0.4) is 0 Å². The summed E-state index contributed by atoms with van der Waals surface area (Å²) < 4.78 is 5.61. The van der Waals surface area contributed by atoms with Crippen molar-refractivity contribution in [3.63, 3.8) is 0 Å². The molecule has 0 fully saturated rings. The molecule has 5 heteroatoms. The molecule has 1 aliphatic heterocycles. The lowest BCUT2D eigenvalue weighted by Crippen LogP contribution is -2.35. The summed E-state index contributed by atoms with van der Waals surface area (Å²) in [4.78, 5) is 4.18. The molecule has 19 heavy (non-hydrogen) atoms. The van der Waals surface area contributed by atoms with Gasteiger partial charge in [0.05, 0.1) is 13.2 Å². The lowest BCUT2D eigenvalue weighted by molar-refractivity contribution is 0.330. The smallest absolute Gasteiger partial charge is 0.188 e. The largest absolute Gasteiger partial charge is 0.493 e. The highest BCUT2D eigenvalue weighted by Gasteiger charge is 2.23. The van der Waals surface area contributed by atoms with Crippen LogP contribution in [0.4, 0.5) is 0 Å². The third kappa shape index (κ3) is 4.41. The molecule has 1 atom stereocenters.